The molecule has 112 valence electrons. The van der Waals surface area contributed by atoms with Crippen LogP contribution in [0.5, 0.6) is 0 Å². The summed E-state index contributed by atoms with van der Waals surface area (Å²) in [5, 5.41) is 22.0. The highest BCUT2D eigenvalue weighted by atomic mass is 19.1. The highest BCUT2D eigenvalue weighted by Gasteiger charge is 2.16. The number of pyridine rings is 1. The number of benzene rings is 1. The number of aromatic nitrogens is 1. The standard InChI is InChI=1S/C15H17FN2O3/c1-8(19)7-17-15-11(6-14(20)21)9(2)18-13-4-3-10(16)5-12(13)15/h3-5,8,19H,6-7H2,1-2H3,(H,17,18)(H,20,21). The van der Waals surface area contributed by atoms with Gasteiger partial charge in [0.05, 0.1) is 18.0 Å². The van der Waals surface area contributed by atoms with Crippen LogP contribution >= 0.6 is 0 Å². The lowest BCUT2D eigenvalue weighted by Gasteiger charge is -2.17. The molecule has 0 fully saturated rings. The second kappa shape index (κ2) is 6.05. The molecule has 2 rings (SSSR count). The van der Waals surface area contributed by atoms with Crippen LogP contribution in [0, 0.1) is 12.7 Å². The van der Waals surface area contributed by atoms with Crippen molar-refractivity contribution in [2.45, 2.75) is 26.4 Å². The number of nitrogens with zero attached hydrogens (tertiary/aromatic N) is 1. The molecular weight excluding hydrogens is 275 g/mol. The zero-order valence-corrected chi connectivity index (χ0v) is 11.9. The van der Waals surface area contributed by atoms with Crippen molar-refractivity contribution in [3.05, 3.63) is 35.3 Å². The molecule has 0 bridgehead atoms. The Morgan fingerprint density at radius 2 is 2.19 bits per heavy atom. The summed E-state index contributed by atoms with van der Waals surface area (Å²) in [6.45, 7) is 3.57. The highest BCUT2D eigenvalue weighted by molar-refractivity contribution is 5.94. The van der Waals surface area contributed by atoms with Crippen LogP contribution in [-0.4, -0.2) is 33.8 Å². The van der Waals surface area contributed by atoms with Crippen LogP contribution in [0.1, 0.15) is 18.2 Å². The number of rotatable bonds is 5. The summed E-state index contributed by atoms with van der Waals surface area (Å²) >= 11 is 0. The predicted octanol–water partition coefficient (Wildman–Crippen LogP) is 2.10. The average Bonchev–Trinajstić information content (AvgIpc) is 2.38. The minimum Gasteiger partial charge on any atom is -0.481 e. The first-order valence-electron chi connectivity index (χ1n) is 6.61. The van der Waals surface area contributed by atoms with Crippen LogP contribution < -0.4 is 5.32 Å². The number of carboxylic acid groups (broad SMARTS) is 1. The molecule has 1 aromatic carbocycles. The van der Waals surface area contributed by atoms with E-state index in [0.29, 0.717) is 27.8 Å². The molecule has 0 saturated carbocycles. The Balaban J connectivity index is 2.64. The fourth-order valence-corrected chi connectivity index (χ4v) is 2.22. The first-order valence-corrected chi connectivity index (χ1v) is 6.61. The molecule has 0 amide bonds. The smallest absolute Gasteiger partial charge is 0.307 e. The first-order chi connectivity index (χ1) is 9.88. The summed E-state index contributed by atoms with van der Waals surface area (Å²) in [6.07, 6.45) is -0.826. The minimum atomic E-state index is -0.990. The lowest BCUT2D eigenvalue weighted by Crippen LogP contribution is -2.18. The third kappa shape index (κ3) is 3.46. The van der Waals surface area contributed by atoms with Gasteiger partial charge in [0.15, 0.2) is 0 Å². The fourth-order valence-electron chi connectivity index (χ4n) is 2.22. The van der Waals surface area contributed by atoms with Gasteiger partial charge in [-0.2, -0.15) is 0 Å². The molecule has 6 heteroatoms. The molecule has 1 heterocycles. The predicted molar refractivity (Wildman–Crippen MR) is 77.9 cm³/mol. The van der Waals surface area contributed by atoms with Gasteiger partial charge in [-0.1, -0.05) is 0 Å². The summed E-state index contributed by atoms with van der Waals surface area (Å²) in [6, 6.07) is 4.18. The monoisotopic (exact) mass is 292 g/mol. The van der Waals surface area contributed by atoms with Gasteiger partial charge in [-0.15, -0.1) is 0 Å². The maximum Gasteiger partial charge on any atom is 0.307 e. The third-order valence-electron chi connectivity index (χ3n) is 3.16. The topological polar surface area (TPSA) is 82.5 Å². The van der Waals surface area contributed by atoms with E-state index in [0.717, 1.165) is 0 Å². The lowest BCUT2D eigenvalue weighted by atomic mass is 10.0. The van der Waals surface area contributed by atoms with Gasteiger partial charge in [-0.3, -0.25) is 9.78 Å². The molecular formula is C15H17FN2O3. The van der Waals surface area contributed by atoms with Gasteiger partial charge in [0.25, 0.3) is 0 Å². The molecule has 0 saturated heterocycles. The maximum absolute atomic E-state index is 13.5. The Kier molecular flexibility index (Phi) is 4.37. The summed E-state index contributed by atoms with van der Waals surface area (Å²) in [7, 11) is 0. The summed E-state index contributed by atoms with van der Waals surface area (Å²) in [5.74, 6) is -1.41. The number of carboxylic acids is 1. The van der Waals surface area contributed by atoms with Gasteiger partial charge < -0.3 is 15.5 Å². The van der Waals surface area contributed by atoms with Crippen LogP contribution in [0.3, 0.4) is 0 Å². The number of hydrogen-bond donors (Lipinski definition) is 3. The zero-order chi connectivity index (χ0) is 15.6. The van der Waals surface area contributed by atoms with Crippen molar-refractivity contribution >= 4 is 22.6 Å². The highest BCUT2D eigenvalue weighted by Crippen LogP contribution is 2.29. The first kappa shape index (κ1) is 15.2. The van der Waals surface area contributed by atoms with E-state index in [-0.39, 0.29) is 13.0 Å². The van der Waals surface area contributed by atoms with E-state index in [2.05, 4.69) is 10.3 Å². The van der Waals surface area contributed by atoms with Gasteiger partial charge in [-0.25, -0.2) is 4.39 Å². The molecule has 21 heavy (non-hydrogen) atoms. The van der Waals surface area contributed by atoms with Crippen molar-refractivity contribution in [3.63, 3.8) is 0 Å². The van der Waals surface area contributed by atoms with Gasteiger partial charge in [0.2, 0.25) is 0 Å². The number of carbonyl (C=O) groups is 1. The molecule has 0 radical (unpaired) electrons. The normalized spacial score (nSPS) is 12.4. The number of aliphatic hydroxyl groups excluding tert-OH is 1. The lowest BCUT2D eigenvalue weighted by molar-refractivity contribution is -0.136. The van der Waals surface area contributed by atoms with Crippen LogP contribution in [-0.2, 0) is 11.2 Å². The Morgan fingerprint density at radius 1 is 1.48 bits per heavy atom. The molecule has 2 aromatic rings. The van der Waals surface area contributed by atoms with Crippen molar-refractivity contribution in [1.82, 2.24) is 4.98 Å². The number of anilines is 1. The molecule has 1 atom stereocenters. The van der Waals surface area contributed by atoms with Gasteiger partial charge in [0, 0.05) is 28.9 Å². The van der Waals surface area contributed by atoms with Crippen molar-refractivity contribution in [1.29, 1.82) is 0 Å². The van der Waals surface area contributed by atoms with Gasteiger partial charge >= 0.3 is 5.97 Å². The SMILES string of the molecule is Cc1nc2ccc(F)cc2c(NCC(C)O)c1CC(=O)O. The van der Waals surface area contributed by atoms with Crippen molar-refractivity contribution in [2.75, 3.05) is 11.9 Å². The minimum absolute atomic E-state index is 0.215. The third-order valence-corrected chi connectivity index (χ3v) is 3.16. The molecule has 3 N–H and O–H groups in total. The van der Waals surface area contributed by atoms with Crippen LogP contribution in [0.25, 0.3) is 10.9 Å². The Bertz CT molecular complexity index is 686. The molecule has 0 aliphatic rings. The summed E-state index contributed by atoms with van der Waals surface area (Å²) < 4.78 is 13.5. The number of halogens is 1. The van der Waals surface area contributed by atoms with E-state index in [1.54, 1.807) is 19.9 Å². The fraction of sp³-hybridized carbons (Fsp3) is 0.333. The average molecular weight is 292 g/mol. The van der Waals surface area contributed by atoms with Crippen LogP contribution in [0.15, 0.2) is 18.2 Å². The Hall–Kier alpha value is -2.21. The van der Waals surface area contributed by atoms with Crippen LogP contribution in [0.2, 0.25) is 0 Å². The molecule has 1 unspecified atom stereocenters. The second-order valence-corrected chi connectivity index (χ2v) is 5.01. The van der Waals surface area contributed by atoms with E-state index in [1.165, 1.54) is 12.1 Å². The summed E-state index contributed by atoms with van der Waals surface area (Å²) in [4.78, 5) is 15.4. The number of aryl methyl sites for hydroxylation is 1. The molecule has 0 aliphatic carbocycles. The van der Waals surface area contributed by atoms with Crippen LogP contribution in [0.4, 0.5) is 10.1 Å². The van der Waals surface area contributed by atoms with Crippen molar-refractivity contribution in [3.8, 4) is 0 Å². The van der Waals surface area contributed by atoms with E-state index in [4.69, 9.17) is 5.11 Å². The molecule has 0 spiro atoms. The number of aliphatic hydroxyl groups is 1. The zero-order valence-electron chi connectivity index (χ0n) is 11.9. The number of hydrogen-bond acceptors (Lipinski definition) is 4. The molecule has 5 nitrogen and oxygen atoms in total. The van der Waals surface area contributed by atoms with Crippen molar-refractivity contribution in [2.24, 2.45) is 0 Å². The Labute approximate surface area is 121 Å². The largest absolute Gasteiger partial charge is 0.481 e. The van der Waals surface area contributed by atoms with Gasteiger partial charge in [-0.05, 0) is 32.0 Å². The number of aliphatic carboxylic acids is 1. The molecule has 0 aliphatic heterocycles. The van der Waals surface area contributed by atoms with E-state index in [1.807, 2.05) is 0 Å². The second-order valence-electron chi connectivity index (χ2n) is 5.01. The van der Waals surface area contributed by atoms with Gasteiger partial charge in [0.1, 0.15) is 5.82 Å². The van der Waals surface area contributed by atoms with E-state index >= 15 is 0 Å². The maximum atomic E-state index is 13.5. The summed E-state index contributed by atoms with van der Waals surface area (Å²) in [5.41, 5.74) is 2.17. The number of nitrogens with one attached hydrogen (secondary N) is 1. The quantitative estimate of drug-likeness (QED) is 0.786. The van der Waals surface area contributed by atoms with Crippen molar-refractivity contribution < 1.29 is 19.4 Å². The Morgan fingerprint density at radius 3 is 2.81 bits per heavy atom. The number of fused-ring (bicyclic) bond motifs is 1. The molecule has 1 aromatic heterocycles. The van der Waals surface area contributed by atoms with E-state index < -0.39 is 17.9 Å². The van der Waals surface area contributed by atoms with E-state index in [9.17, 15) is 14.3 Å².